The molecule has 1 N–H and O–H groups in total. The van der Waals surface area contributed by atoms with Crippen LogP contribution in [-0.2, 0) is 4.79 Å². The van der Waals surface area contributed by atoms with Crippen molar-refractivity contribution in [3.05, 3.63) is 41.1 Å². The minimum Gasteiger partial charge on any atom is -0.543 e. The Bertz CT molecular complexity index is 757. The van der Waals surface area contributed by atoms with Crippen molar-refractivity contribution in [2.24, 2.45) is 0 Å². The first-order valence-electron chi connectivity index (χ1n) is 7.84. The minimum atomic E-state index is -2.03. The molecule has 6 heteroatoms. The number of carbonyl (C=O) groups excluding carboxylic acids is 3. The van der Waals surface area contributed by atoms with E-state index in [2.05, 4.69) is 39.2 Å². The van der Waals surface area contributed by atoms with Gasteiger partial charge in [-0.25, -0.2) is 0 Å². The van der Waals surface area contributed by atoms with Gasteiger partial charge in [-0.1, -0.05) is 20.8 Å². The Labute approximate surface area is 143 Å². The van der Waals surface area contributed by atoms with Gasteiger partial charge in [-0.3, -0.25) is 14.4 Å². The average molecular weight is 345 g/mol. The van der Waals surface area contributed by atoms with Gasteiger partial charge in [0.05, 0.1) is 5.70 Å². The summed E-state index contributed by atoms with van der Waals surface area (Å²) in [7, 11) is -2.03. The first kappa shape index (κ1) is 18.1. The highest BCUT2D eigenvalue weighted by Gasteiger charge is 2.39. The fourth-order valence-corrected chi connectivity index (χ4v) is 3.16. The van der Waals surface area contributed by atoms with E-state index in [1.807, 2.05) is 0 Å². The lowest BCUT2D eigenvalue weighted by molar-refractivity contribution is -0.118. The second-order valence-corrected chi connectivity index (χ2v) is 12.2. The van der Waals surface area contributed by atoms with Crippen LogP contribution in [0.5, 0.6) is 5.75 Å². The smallest absolute Gasteiger partial charge is 0.250 e. The summed E-state index contributed by atoms with van der Waals surface area (Å²) in [5.41, 5.74) is 0.609. The number of carbonyl (C=O) groups is 3. The number of allylic oxidation sites excluding steroid dienone is 2. The molecule has 1 aromatic rings. The Morgan fingerprint density at radius 3 is 2.29 bits per heavy atom. The van der Waals surface area contributed by atoms with E-state index in [1.165, 1.54) is 13.0 Å². The second-order valence-electron chi connectivity index (χ2n) is 7.50. The van der Waals surface area contributed by atoms with Crippen molar-refractivity contribution >= 4 is 25.8 Å². The molecule has 0 bridgehead atoms. The Hall–Kier alpha value is -2.21. The van der Waals surface area contributed by atoms with E-state index in [1.54, 1.807) is 18.2 Å². The highest BCUT2D eigenvalue weighted by atomic mass is 28.4. The first-order chi connectivity index (χ1) is 10.9. The zero-order valence-electron chi connectivity index (χ0n) is 14.9. The number of rotatable bonds is 3. The molecule has 0 aliphatic heterocycles. The Morgan fingerprint density at radius 1 is 1.12 bits per heavy atom. The van der Waals surface area contributed by atoms with Crippen LogP contribution in [0, 0.1) is 0 Å². The van der Waals surface area contributed by atoms with E-state index in [4.69, 9.17) is 4.43 Å². The lowest BCUT2D eigenvalue weighted by atomic mass is 9.92. The monoisotopic (exact) mass is 345 g/mol. The summed E-state index contributed by atoms with van der Waals surface area (Å²) in [6.45, 7) is 11.9. The number of hydrogen-bond acceptors (Lipinski definition) is 4. The van der Waals surface area contributed by atoms with Crippen molar-refractivity contribution in [1.82, 2.24) is 5.32 Å². The van der Waals surface area contributed by atoms with Crippen LogP contribution >= 0.6 is 0 Å². The molecule has 0 radical (unpaired) electrons. The number of Topliss-reactive ketones (excluding diaryl/α,β-unsaturated/α-hetero) is 1. The maximum absolute atomic E-state index is 12.4. The highest BCUT2D eigenvalue weighted by molar-refractivity contribution is 6.74. The molecule has 0 heterocycles. The van der Waals surface area contributed by atoms with Crippen LogP contribution in [0.25, 0.3) is 0 Å². The molecule has 1 aromatic carbocycles. The summed E-state index contributed by atoms with van der Waals surface area (Å²) < 4.78 is 6.19. The molecule has 2 rings (SSSR count). The summed E-state index contributed by atoms with van der Waals surface area (Å²) in [5, 5.41) is 2.43. The number of amides is 1. The molecule has 0 fully saturated rings. The lowest BCUT2D eigenvalue weighted by Gasteiger charge is -2.36. The van der Waals surface area contributed by atoms with Crippen molar-refractivity contribution in [2.45, 2.75) is 45.8 Å². The topological polar surface area (TPSA) is 72.5 Å². The predicted octanol–water partition coefficient (Wildman–Crippen LogP) is 3.47. The summed E-state index contributed by atoms with van der Waals surface area (Å²) in [4.78, 5) is 35.8. The van der Waals surface area contributed by atoms with E-state index in [0.717, 1.165) is 0 Å². The molecular weight excluding hydrogens is 322 g/mol. The molecule has 1 amide bonds. The summed E-state index contributed by atoms with van der Waals surface area (Å²) in [6, 6.07) is 4.92. The number of fused-ring (bicyclic) bond motifs is 1. The summed E-state index contributed by atoms with van der Waals surface area (Å²) in [5.74, 6) is -0.464. The fraction of sp³-hybridized carbons (Fsp3) is 0.389. The Morgan fingerprint density at radius 2 is 1.75 bits per heavy atom. The van der Waals surface area contributed by atoms with E-state index >= 15 is 0 Å². The van der Waals surface area contributed by atoms with Crippen LogP contribution in [0.3, 0.4) is 0 Å². The molecule has 5 nitrogen and oxygen atoms in total. The van der Waals surface area contributed by atoms with Crippen LogP contribution in [0.15, 0.2) is 30.0 Å². The molecule has 0 atom stereocenters. The van der Waals surface area contributed by atoms with Crippen molar-refractivity contribution in [3.63, 3.8) is 0 Å². The third kappa shape index (κ3) is 3.48. The van der Waals surface area contributed by atoms with Gasteiger partial charge in [-0.15, -0.1) is 0 Å². The van der Waals surface area contributed by atoms with Crippen molar-refractivity contribution in [1.29, 1.82) is 0 Å². The third-order valence-corrected chi connectivity index (χ3v) is 8.87. The minimum absolute atomic E-state index is 0.0121. The summed E-state index contributed by atoms with van der Waals surface area (Å²) >= 11 is 0. The van der Waals surface area contributed by atoms with Crippen LogP contribution in [-0.4, -0.2) is 25.8 Å². The molecule has 128 valence electrons. The predicted molar refractivity (Wildman–Crippen MR) is 94.8 cm³/mol. The van der Waals surface area contributed by atoms with Gasteiger partial charge in [0.2, 0.25) is 20.0 Å². The van der Waals surface area contributed by atoms with Gasteiger partial charge in [-0.05, 0) is 36.3 Å². The van der Waals surface area contributed by atoms with Crippen LogP contribution in [0.4, 0.5) is 0 Å². The van der Waals surface area contributed by atoms with Crippen LogP contribution < -0.4 is 9.74 Å². The molecule has 1 aliphatic rings. The number of ketones is 2. The second kappa shape index (κ2) is 6.01. The third-order valence-electron chi connectivity index (χ3n) is 4.51. The van der Waals surface area contributed by atoms with Gasteiger partial charge in [0.1, 0.15) is 5.75 Å². The van der Waals surface area contributed by atoms with Gasteiger partial charge in [0, 0.05) is 24.1 Å². The zero-order valence-corrected chi connectivity index (χ0v) is 15.9. The van der Waals surface area contributed by atoms with E-state index < -0.39 is 8.32 Å². The largest absolute Gasteiger partial charge is 0.543 e. The van der Waals surface area contributed by atoms with E-state index in [-0.39, 0.29) is 33.8 Å². The first-order valence-corrected chi connectivity index (χ1v) is 10.7. The van der Waals surface area contributed by atoms with Crippen molar-refractivity contribution < 1.29 is 18.8 Å². The summed E-state index contributed by atoms with van der Waals surface area (Å²) in [6.07, 6.45) is 1.17. The molecule has 24 heavy (non-hydrogen) atoms. The Balaban J connectivity index is 2.36. The fourth-order valence-electron chi connectivity index (χ4n) is 2.14. The average Bonchev–Trinajstić information content (AvgIpc) is 2.42. The molecule has 0 aromatic heterocycles. The maximum Gasteiger partial charge on any atom is 0.250 e. The van der Waals surface area contributed by atoms with Gasteiger partial charge in [0.25, 0.3) is 0 Å². The van der Waals surface area contributed by atoms with Crippen LogP contribution in [0.1, 0.15) is 48.4 Å². The molecule has 0 saturated heterocycles. The lowest BCUT2D eigenvalue weighted by Crippen LogP contribution is -2.43. The van der Waals surface area contributed by atoms with Gasteiger partial charge in [0.15, 0.2) is 5.78 Å². The standard InChI is InChI=1S/C18H23NO4Si/c1-11(20)19-15-10-16(21)14-9-12(7-8-13(14)17(15)22)23-24(5,6)18(2,3)4/h7-10H,1-6H3,(H,19,20). The van der Waals surface area contributed by atoms with E-state index in [0.29, 0.717) is 11.3 Å². The quantitative estimate of drug-likeness (QED) is 0.852. The molecular formula is C18H23NO4Si. The molecule has 0 saturated carbocycles. The Kier molecular flexibility index (Phi) is 4.54. The zero-order chi connectivity index (χ0) is 18.3. The maximum atomic E-state index is 12.4. The van der Waals surface area contributed by atoms with Crippen LogP contribution in [0.2, 0.25) is 18.1 Å². The number of benzene rings is 1. The van der Waals surface area contributed by atoms with Gasteiger partial charge >= 0.3 is 0 Å². The number of nitrogens with one attached hydrogen (secondary N) is 1. The highest BCUT2D eigenvalue weighted by Crippen LogP contribution is 2.38. The molecule has 0 spiro atoms. The number of hydrogen-bond donors (Lipinski definition) is 1. The van der Waals surface area contributed by atoms with Gasteiger partial charge in [-0.2, -0.15) is 0 Å². The normalized spacial score (nSPS) is 14.8. The van der Waals surface area contributed by atoms with Gasteiger partial charge < -0.3 is 9.74 Å². The molecule has 0 unspecified atom stereocenters. The van der Waals surface area contributed by atoms with Crippen molar-refractivity contribution in [3.8, 4) is 5.75 Å². The molecule has 1 aliphatic carbocycles. The van der Waals surface area contributed by atoms with E-state index in [9.17, 15) is 14.4 Å². The van der Waals surface area contributed by atoms with Crippen molar-refractivity contribution in [2.75, 3.05) is 0 Å². The SMILES string of the molecule is CC(=O)NC1=CC(=O)c2cc(O[Si](C)(C)C(C)(C)C)ccc2C1=O.